The van der Waals surface area contributed by atoms with Crippen molar-refractivity contribution in [3.05, 3.63) is 29.8 Å². The number of hydrogen-bond acceptors (Lipinski definition) is 4. The Morgan fingerprint density at radius 3 is 2.54 bits per heavy atom. The van der Waals surface area contributed by atoms with Gasteiger partial charge in [0, 0.05) is 38.2 Å². The molecule has 0 saturated carbocycles. The van der Waals surface area contributed by atoms with Gasteiger partial charge in [-0.15, -0.1) is 0 Å². The third-order valence-electron chi connectivity index (χ3n) is 4.15. The summed E-state index contributed by atoms with van der Waals surface area (Å²) >= 11 is 0. The number of Topliss-reactive ketones (excluding diaryl/α,β-unsaturated/α-hetero) is 1. The Morgan fingerprint density at radius 1 is 1.12 bits per heavy atom. The molecule has 0 unspecified atom stereocenters. The van der Waals surface area contributed by atoms with Crippen LogP contribution in [-0.2, 0) is 14.8 Å². The van der Waals surface area contributed by atoms with Gasteiger partial charge < -0.3 is 4.90 Å². The number of ketones is 1. The lowest BCUT2D eigenvalue weighted by molar-refractivity contribution is -0.131. The largest absolute Gasteiger partial charge is 0.341 e. The highest BCUT2D eigenvalue weighted by Crippen LogP contribution is 2.19. The summed E-state index contributed by atoms with van der Waals surface area (Å²) in [6, 6.07) is 6.11. The summed E-state index contributed by atoms with van der Waals surface area (Å²) < 4.78 is 27.1. The van der Waals surface area contributed by atoms with Crippen LogP contribution in [0.25, 0.3) is 0 Å². The number of sulfonamides is 1. The molecule has 0 aliphatic carbocycles. The van der Waals surface area contributed by atoms with Crippen LogP contribution in [0.3, 0.4) is 0 Å². The maximum atomic E-state index is 12.8. The molecule has 1 aromatic rings. The zero-order valence-corrected chi connectivity index (χ0v) is 15.0. The predicted octanol–water partition coefficient (Wildman–Crippen LogP) is 1.91. The Morgan fingerprint density at radius 2 is 1.88 bits per heavy atom. The number of benzene rings is 1. The molecule has 132 valence electrons. The molecule has 0 bridgehead atoms. The van der Waals surface area contributed by atoms with Crippen molar-refractivity contribution in [1.82, 2.24) is 9.21 Å². The maximum absolute atomic E-state index is 12.8. The summed E-state index contributed by atoms with van der Waals surface area (Å²) in [5.74, 6) is -0.0884. The first-order valence-corrected chi connectivity index (χ1v) is 9.69. The fourth-order valence-electron chi connectivity index (χ4n) is 2.78. The molecular weight excluding hydrogens is 328 g/mol. The Hall–Kier alpha value is -1.73. The molecule has 0 atom stereocenters. The summed E-state index contributed by atoms with van der Waals surface area (Å²) in [5.41, 5.74) is 0.380. The molecule has 1 aliphatic rings. The highest BCUT2D eigenvalue weighted by atomic mass is 32.2. The van der Waals surface area contributed by atoms with E-state index in [2.05, 4.69) is 0 Å². The van der Waals surface area contributed by atoms with Gasteiger partial charge in [-0.1, -0.05) is 19.1 Å². The van der Waals surface area contributed by atoms with Crippen LogP contribution in [0.2, 0.25) is 0 Å². The minimum absolute atomic E-state index is 0.0790. The lowest BCUT2D eigenvalue weighted by Gasteiger charge is -2.22. The summed E-state index contributed by atoms with van der Waals surface area (Å²) in [5, 5.41) is 0. The van der Waals surface area contributed by atoms with Crippen molar-refractivity contribution in [3.63, 3.8) is 0 Å². The molecule has 1 aromatic carbocycles. The van der Waals surface area contributed by atoms with Crippen LogP contribution in [0.4, 0.5) is 0 Å². The summed E-state index contributed by atoms with van der Waals surface area (Å²) in [6.45, 7) is 5.01. The van der Waals surface area contributed by atoms with Gasteiger partial charge in [0.05, 0.1) is 4.90 Å². The molecule has 0 radical (unpaired) electrons. The fourth-order valence-corrected chi connectivity index (χ4v) is 4.30. The Labute approximate surface area is 143 Å². The number of rotatable bonds is 5. The molecule has 1 amide bonds. The third kappa shape index (κ3) is 4.21. The van der Waals surface area contributed by atoms with Crippen molar-refractivity contribution in [2.45, 2.75) is 38.0 Å². The molecule has 0 aromatic heterocycles. The zero-order chi connectivity index (χ0) is 17.7. The quantitative estimate of drug-likeness (QED) is 0.759. The van der Waals surface area contributed by atoms with E-state index in [9.17, 15) is 18.0 Å². The monoisotopic (exact) mass is 352 g/mol. The molecule has 1 aliphatic heterocycles. The fraction of sp³-hybridized carbons (Fsp3) is 0.529. The first-order chi connectivity index (χ1) is 11.4. The Balaban J connectivity index is 2.17. The number of amides is 1. The average molecular weight is 352 g/mol. The number of carbonyl (C=O) groups excluding carboxylic acids is 2. The van der Waals surface area contributed by atoms with Crippen LogP contribution in [0, 0.1) is 0 Å². The number of hydrogen-bond donors (Lipinski definition) is 0. The molecular formula is C17H24N2O4S. The minimum atomic E-state index is -3.66. The summed E-state index contributed by atoms with van der Waals surface area (Å²) in [4.78, 5) is 25.4. The second-order valence-corrected chi connectivity index (χ2v) is 7.91. The molecule has 1 fully saturated rings. The highest BCUT2D eigenvalue weighted by molar-refractivity contribution is 7.89. The van der Waals surface area contributed by atoms with E-state index >= 15 is 0 Å². The van der Waals surface area contributed by atoms with Crippen molar-refractivity contribution in [2.75, 3.05) is 26.2 Å². The van der Waals surface area contributed by atoms with Crippen molar-refractivity contribution in [3.8, 4) is 0 Å². The molecule has 0 N–H and O–H groups in total. The van der Waals surface area contributed by atoms with Crippen LogP contribution in [0.15, 0.2) is 29.2 Å². The SMILES string of the molecule is CCCC(=O)N1CCCN(S(=O)(=O)c2cccc(C(C)=O)c2)CC1. The minimum Gasteiger partial charge on any atom is -0.341 e. The predicted molar refractivity (Wildman–Crippen MR) is 91.3 cm³/mol. The number of nitrogens with zero attached hydrogens (tertiary/aromatic N) is 2. The average Bonchev–Trinajstić information content (AvgIpc) is 2.81. The van der Waals surface area contributed by atoms with E-state index in [1.807, 2.05) is 6.92 Å². The molecule has 6 nitrogen and oxygen atoms in total. The van der Waals surface area contributed by atoms with Gasteiger partial charge in [0.25, 0.3) is 0 Å². The molecule has 7 heteroatoms. The summed E-state index contributed by atoms with van der Waals surface area (Å²) in [6.07, 6.45) is 1.89. The third-order valence-corrected chi connectivity index (χ3v) is 6.04. The molecule has 1 saturated heterocycles. The van der Waals surface area contributed by atoms with Crippen molar-refractivity contribution in [1.29, 1.82) is 0 Å². The first kappa shape index (κ1) is 18.6. The van der Waals surface area contributed by atoms with Gasteiger partial charge in [-0.2, -0.15) is 4.31 Å². The van der Waals surface area contributed by atoms with E-state index < -0.39 is 10.0 Å². The molecule has 0 spiro atoms. The second-order valence-electron chi connectivity index (χ2n) is 5.97. The van der Waals surface area contributed by atoms with Crippen LogP contribution < -0.4 is 0 Å². The Kier molecular flexibility index (Phi) is 6.12. The molecule has 24 heavy (non-hydrogen) atoms. The van der Waals surface area contributed by atoms with Crippen molar-refractivity contribution in [2.24, 2.45) is 0 Å². The van der Waals surface area contributed by atoms with E-state index in [0.717, 1.165) is 6.42 Å². The highest BCUT2D eigenvalue weighted by Gasteiger charge is 2.28. The van der Waals surface area contributed by atoms with E-state index in [1.54, 1.807) is 17.0 Å². The topological polar surface area (TPSA) is 74.8 Å². The van der Waals surface area contributed by atoms with Crippen LogP contribution >= 0.6 is 0 Å². The van der Waals surface area contributed by atoms with Crippen LogP contribution in [0.5, 0.6) is 0 Å². The maximum Gasteiger partial charge on any atom is 0.243 e. The van der Waals surface area contributed by atoms with Crippen molar-refractivity contribution >= 4 is 21.7 Å². The van der Waals surface area contributed by atoms with Gasteiger partial charge in [-0.05, 0) is 31.9 Å². The lowest BCUT2D eigenvalue weighted by atomic mass is 10.2. The summed E-state index contributed by atoms with van der Waals surface area (Å²) in [7, 11) is -3.66. The zero-order valence-electron chi connectivity index (χ0n) is 14.2. The van der Waals surface area contributed by atoms with E-state index in [1.165, 1.54) is 23.4 Å². The smallest absolute Gasteiger partial charge is 0.243 e. The normalized spacial score (nSPS) is 16.7. The number of carbonyl (C=O) groups is 2. The van der Waals surface area contributed by atoms with Gasteiger partial charge >= 0.3 is 0 Å². The van der Waals surface area contributed by atoms with E-state index in [4.69, 9.17) is 0 Å². The van der Waals surface area contributed by atoms with Gasteiger partial charge in [0.2, 0.25) is 15.9 Å². The first-order valence-electron chi connectivity index (χ1n) is 8.25. The van der Waals surface area contributed by atoms with Gasteiger partial charge in [0.15, 0.2) is 5.78 Å². The van der Waals surface area contributed by atoms with Gasteiger partial charge in [0.1, 0.15) is 0 Å². The van der Waals surface area contributed by atoms with Crippen LogP contribution in [-0.4, -0.2) is 55.5 Å². The van der Waals surface area contributed by atoms with E-state index in [-0.39, 0.29) is 23.1 Å². The van der Waals surface area contributed by atoms with Gasteiger partial charge in [-0.25, -0.2) is 8.42 Å². The lowest BCUT2D eigenvalue weighted by Crippen LogP contribution is -2.37. The van der Waals surface area contributed by atoms with E-state index in [0.29, 0.717) is 38.0 Å². The van der Waals surface area contributed by atoms with Crippen LogP contribution in [0.1, 0.15) is 43.5 Å². The van der Waals surface area contributed by atoms with Crippen molar-refractivity contribution < 1.29 is 18.0 Å². The van der Waals surface area contributed by atoms with Gasteiger partial charge in [-0.3, -0.25) is 9.59 Å². The second kappa shape index (κ2) is 7.90. The molecule has 1 heterocycles. The standard InChI is InChI=1S/C17H24N2O4S/c1-3-6-17(21)18-9-5-10-19(12-11-18)24(22,23)16-8-4-7-15(13-16)14(2)20/h4,7-8,13H,3,5-6,9-12H2,1-2H3. The molecule has 2 rings (SSSR count). The Bertz CT molecular complexity index is 715.